The summed E-state index contributed by atoms with van der Waals surface area (Å²) in [6.07, 6.45) is 10.1. The van der Waals surface area contributed by atoms with Gasteiger partial charge in [0, 0.05) is 6.04 Å². The van der Waals surface area contributed by atoms with Crippen LogP contribution in [0.15, 0.2) is 0 Å². The average molecular weight is 210 g/mol. The highest BCUT2D eigenvalue weighted by Crippen LogP contribution is 2.46. The first-order valence-electron chi connectivity index (χ1n) is 6.61. The van der Waals surface area contributed by atoms with Gasteiger partial charge in [0.05, 0.1) is 0 Å². The largest absolute Gasteiger partial charge is 0.313 e. The smallest absolute Gasteiger partial charge is 0.0124 e. The molecule has 2 nitrogen and oxygen atoms in total. The summed E-state index contributed by atoms with van der Waals surface area (Å²) in [4.78, 5) is 2.34. The van der Waals surface area contributed by atoms with Crippen LogP contribution in [0.2, 0.25) is 0 Å². The summed E-state index contributed by atoms with van der Waals surface area (Å²) in [6, 6.07) is 0.833. The molecule has 88 valence electrons. The van der Waals surface area contributed by atoms with Crippen molar-refractivity contribution in [2.75, 3.05) is 27.2 Å². The standard InChI is InChI=1S/C13H26N2/c1-15(2)11-9-13(7-3-4-8-13)12-6-5-10-14-12/h12,14H,3-11H2,1-2H3. The molecule has 1 aliphatic heterocycles. The zero-order chi connectivity index (χ0) is 10.7. The van der Waals surface area contributed by atoms with Crippen LogP contribution < -0.4 is 5.32 Å². The van der Waals surface area contributed by atoms with Gasteiger partial charge < -0.3 is 10.2 Å². The van der Waals surface area contributed by atoms with E-state index in [-0.39, 0.29) is 0 Å². The predicted molar refractivity (Wildman–Crippen MR) is 65.1 cm³/mol. The van der Waals surface area contributed by atoms with Gasteiger partial charge in [-0.2, -0.15) is 0 Å². The normalized spacial score (nSPS) is 30.2. The lowest BCUT2D eigenvalue weighted by molar-refractivity contribution is 0.172. The van der Waals surface area contributed by atoms with Gasteiger partial charge in [-0.25, -0.2) is 0 Å². The van der Waals surface area contributed by atoms with Crippen LogP contribution in [0.5, 0.6) is 0 Å². The van der Waals surface area contributed by atoms with Crippen LogP contribution in [-0.2, 0) is 0 Å². The number of hydrogen-bond acceptors (Lipinski definition) is 2. The Kier molecular flexibility index (Phi) is 3.68. The van der Waals surface area contributed by atoms with Crippen molar-refractivity contribution in [2.45, 2.75) is 51.0 Å². The van der Waals surface area contributed by atoms with E-state index in [9.17, 15) is 0 Å². The van der Waals surface area contributed by atoms with Crippen molar-refractivity contribution >= 4 is 0 Å². The van der Waals surface area contributed by atoms with Gasteiger partial charge in [-0.05, 0) is 64.7 Å². The van der Waals surface area contributed by atoms with E-state index in [1.165, 1.54) is 58.0 Å². The van der Waals surface area contributed by atoms with E-state index in [1.807, 2.05) is 0 Å². The lowest BCUT2D eigenvalue weighted by Gasteiger charge is -2.36. The number of nitrogens with zero attached hydrogens (tertiary/aromatic N) is 1. The van der Waals surface area contributed by atoms with Gasteiger partial charge in [-0.3, -0.25) is 0 Å². The van der Waals surface area contributed by atoms with Crippen molar-refractivity contribution in [1.29, 1.82) is 0 Å². The second-order valence-electron chi connectivity index (χ2n) is 5.77. The molecule has 2 heteroatoms. The third-order valence-corrected chi connectivity index (χ3v) is 4.46. The van der Waals surface area contributed by atoms with Crippen LogP contribution in [0, 0.1) is 5.41 Å². The monoisotopic (exact) mass is 210 g/mol. The van der Waals surface area contributed by atoms with Crippen molar-refractivity contribution in [1.82, 2.24) is 10.2 Å². The fourth-order valence-corrected chi connectivity index (χ4v) is 3.51. The Balaban J connectivity index is 1.96. The van der Waals surface area contributed by atoms with Gasteiger partial charge in [0.15, 0.2) is 0 Å². The molecule has 15 heavy (non-hydrogen) atoms. The highest BCUT2D eigenvalue weighted by atomic mass is 15.1. The number of nitrogens with one attached hydrogen (secondary N) is 1. The van der Waals surface area contributed by atoms with Gasteiger partial charge in [0.25, 0.3) is 0 Å². The third kappa shape index (κ3) is 2.54. The first-order chi connectivity index (χ1) is 7.23. The molecule has 1 unspecified atom stereocenters. The van der Waals surface area contributed by atoms with Crippen LogP contribution in [0.25, 0.3) is 0 Å². The molecule has 1 atom stereocenters. The molecule has 0 aromatic heterocycles. The van der Waals surface area contributed by atoms with Gasteiger partial charge in [-0.1, -0.05) is 12.8 Å². The van der Waals surface area contributed by atoms with E-state index < -0.39 is 0 Å². The van der Waals surface area contributed by atoms with Gasteiger partial charge >= 0.3 is 0 Å². The van der Waals surface area contributed by atoms with E-state index >= 15 is 0 Å². The Labute approximate surface area is 94.4 Å². The maximum absolute atomic E-state index is 3.74. The van der Waals surface area contributed by atoms with Crippen LogP contribution in [0.1, 0.15) is 44.9 Å². The summed E-state index contributed by atoms with van der Waals surface area (Å²) in [6.45, 7) is 2.52. The topological polar surface area (TPSA) is 15.3 Å². The van der Waals surface area contributed by atoms with Crippen molar-refractivity contribution in [3.63, 3.8) is 0 Å². The molecule has 1 aliphatic carbocycles. The molecular formula is C13H26N2. The minimum Gasteiger partial charge on any atom is -0.313 e. The van der Waals surface area contributed by atoms with E-state index in [4.69, 9.17) is 0 Å². The maximum atomic E-state index is 3.74. The van der Waals surface area contributed by atoms with Gasteiger partial charge in [0.1, 0.15) is 0 Å². The summed E-state index contributed by atoms with van der Waals surface area (Å²) >= 11 is 0. The Hall–Kier alpha value is -0.0800. The van der Waals surface area contributed by atoms with Crippen molar-refractivity contribution in [3.05, 3.63) is 0 Å². The lowest BCUT2D eigenvalue weighted by atomic mass is 9.75. The minimum absolute atomic E-state index is 0.654. The average Bonchev–Trinajstić information content (AvgIpc) is 2.86. The molecule has 2 rings (SSSR count). The summed E-state index contributed by atoms with van der Waals surface area (Å²) < 4.78 is 0. The summed E-state index contributed by atoms with van der Waals surface area (Å²) in [5.41, 5.74) is 0.654. The highest BCUT2D eigenvalue weighted by molar-refractivity contribution is 4.97. The van der Waals surface area contributed by atoms with Crippen molar-refractivity contribution in [3.8, 4) is 0 Å². The van der Waals surface area contributed by atoms with E-state index in [0.717, 1.165) is 6.04 Å². The highest BCUT2D eigenvalue weighted by Gasteiger charge is 2.41. The molecule has 0 spiro atoms. The molecule has 0 bridgehead atoms. The second-order valence-corrected chi connectivity index (χ2v) is 5.77. The molecule has 1 saturated carbocycles. The quantitative estimate of drug-likeness (QED) is 0.765. The zero-order valence-corrected chi connectivity index (χ0v) is 10.4. The number of hydrogen-bond donors (Lipinski definition) is 1. The van der Waals surface area contributed by atoms with E-state index in [1.54, 1.807) is 0 Å². The second kappa shape index (κ2) is 4.84. The maximum Gasteiger partial charge on any atom is 0.0124 e. The third-order valence-electron chi connectivity index (χ3n) is 4.46. The molecule has 1 saturated heterocycles. The molecule has 1 heterocycles. The van der Waals surface area contributed by atoms with Crippen LogP contribution in [-0.4, -0.2) is 38.1 Å². The Morgan fingerprint density at radius 2 is 1.93 bits per heavy atom. The molecule has 0 aromatic rings. The first-order valence-corrected chi connectivity index (χ1v) is 6.61. The summed E-state index contributed by atoms with van der Waals surface area (Å²) in [5, 5.41) is 3.74. The summed E-state index contributed by atoms with van der Waals surface area (Å²) in [5.74, 6) is 0. The molecule has 1 N–H and O–H groups in total. The van der Waals surface area contributed by atoms with Crippen LogP contribution in [0.3, 0.4) is 0 Å². The van der Waals surface area contributed by atoms with E-state index in [0.29, 0.717) is 5.41 Å². The SMILES string of the molecule is CN(C)CCC1(C2CCCN2)CCCC1. The molecule has 0 aromatic carbocycles. The van der Waals surface area contributed by atoms with Crippen LogP contribution in [0.4, 0.5) is 0 Å². The summed E-state index contributed by atoms with van der Waals surface area (Å²) in [7, 11) is 4.40. The Morgan fingerprint density at radius 3 is 2.47 bits per heavy atom. The predicted octanol–water partition coefficient (Wildman–Crippen LogP) is 2.25. The van der Waals surface area contributed by atoms with Crippen molar-refractivity contribution in [2.24, 2.45) is 5.41 Å². The fraction of sp³-hybridized carbons (Fsp3) is 1.00. The molecule has 0 radical (unpaired) electrons. The molecule has 2 aliphatic rings. The lowest BCUT2D eigenvalue weighted by Crippen LogP contribution is -2.41. The first kappa shape index (κ1) is 11.4. The van der Waals surface area contributed by atoms with Crippen molar-refractivity contribution < 1.29 is 0 Å². The number of rotatable bonds is 4. The molecule has 2 fully saturated rings. The van der Waals surface area contributed by atoms with E-state index in [2.05, 4.69) is 24.3 Å². The Bertz CT molecular complexity index is 189. The minimum atomic E-state index is 0.654. The molecule has 0 amide bonds. The zero-order valence-electron chi connectivity index (χ0n) is 10.4. The van der Waals surface area contributed by atoms with Gasteiger partial charge in [-0.15, -0.1) is 0 Å². The van der Waals surface area contributed by atoms with Gasteiger partial charge in [0.2, 0.25) is 0 Å². The van der Waals surface area contributed by atoms with Crippen LogP contribution >= 0.6 is 0 Å². The fourth-order valence-electron chi connectivity index (χ4n) is 3.51. The Morgan fingerprint density at radius 1 is 1.20 bits per heavy atom. The molecular weight excluding hydrogens is 184 g/mol.